The largest absolute Gasteiger partial charge is 0.454 e. The van der Waals surface area contributed by atoms with E-state index in [1.54, 1.807) is 6.07 Å². The molecule has 4 rings (SSSR count). The minimum Gasteiger partial charge on any atom is -0.454 e. The van der Waals surface area contributed by atoms with Crippen molar-refractivity contribution in [2.75, 3.05) is 0 Å². The van der Waals surface area contributed by atoms with Gasteiger partial charge in [0.2, 0.25) is 0 Å². The molecule has 0 spiro atoms. The minimum absolute atomic E-state index is 0.338. The van der Waals surface area contributed by atoms with E-state index < -0.39 is 0 Å². The molecule has 0 aliphatic carbocycles. The molecule has 0 aliphatic heterocycles. The van der Waals surface area contributed by atoms with Crippen LogP contribution in [0.3, 0.4) is 0 Å². The van der Waals surface area contributed by atoms with Crippen LogP contribution in [0.4, 0.5) is 0 Å². The van der Waals surface area contributed by atoms with Gasteiger partial charge < -0.3 is 9.40 Å². The van der Waals surface area contributed by atoms with Gasteiger partial charge in [0.25, 0.3) is 5.91 Å². The highest BCUT2D eigenvalue weighted by atomic mass is 79.9. The zero-order valence-electron chi connectivity index (χ0n) is 10.7. The third-order valence-electron chi connectivity index (χ3n) is 3.58. The first-order chi connectivity index (χ1) is 10.2. The van der Waals surface area contributed by atoms with Crippen LogP contribution < -0.4 is 11.3 Å². The lowest BCUT2D eigenvalue weighted by molar-refractivity contribution is 0.0955. The summed E-state index contributed by atoms with van der Waals surface area (Å²) in [7, 11) is 0. The van der Waals surface area contributed by atoms with E-state index in [2.05, 4.69) is 26.3 Å². The normalized spacial score (nSPS) is 11.5. The first kappa shape index (κ1) is 12.4. The van der Waals surface area contributed by atoms with Crippen LogP contribution in [0, 0.1) is 0 Å². The van der Waals surface area contributed by atoms with Crippen molar-refractivity contribution in [2.24, 2.45) is 5.84 Å². The lowest BCUT2D eigenvalue weighted by Gasteiger charge is -2.00. The van der Waals surface area contributed by atoms with E-state index in [0.29, 0.717) is 5.56 Å². The number of hydrazine groups is 1. The Kier molecular flexibility index (Phi) is 2.57. The Morgan fingerprint density at radius 1 is 1.19 bits per heavy atom. The number of fused-ring (bicyclic) bond motifs is 5. The molecule has 0 saturated carbocycles. The number of halogens is 1. The Morgan fingerprint density at radius 3 is 2.86 bits per heavy atom. The van der Waals surface area contributed by atoms with Crippen LogP contribution in [-0.2, 0) is 0 Å². The fourth-order valence-electron chi connectivity index (χ4n) is 2.65. The summed E-state index contributed by atoms with van der Waals surface area (Å²) < 4.78 is 6.88. The molecule has 0 fully saturated rings. The van der Waals surface area contributed by atoms with Crippen LogP contribution in [0.1, 0.15) is 10.4 Å². The maximum atomic E-state index is 11.8. The number of hydrogen-bond acceptors (Lipinski definition) is 3. The Hall–Kier alpha value is -2.31. The second-order valence-electron chi connectivity index (χ2n) is 4.77. The average molecular weight is 344 g/mol. The van der Waals surface area contributed by atoms with Gasteiger partial charge in [-0.15, -0.1) is 0 Å². The number of aromatic nitrogens is 1. The third-order valence-corrected chi connectivity index (χ3v) is 4.08. The smallest absolute Gasteiger partial charge is 0.267 e. The Balaban J connectivity index is 2.16. The van der Waals surface area contributed by atoms with E-state index >= 15 is 0 Å². The third kappa shape index (κ3) is 1.69. The van der Waals surface area contributed by atoms with Crippen molar-refractivity contribution in [3.63, 3.8) is 0 Å². The van der Waals surface area contributed by atoms with Crippen molar-refractivity contribution in [2.45, 2.75) is 0 Å². The van der Waals surface area contributed by atoms with Crippen LogP contribution in [0.15, 0.2) is 45.3 Å². The SMILES string of the molecule is NNC(=O)c1cccc2c1[nH]c1c3cc(Br)ccc3oc21. The van der Waals surface area contributed by atoms with Gasteiger partial charge in [-0.05, 0) is 30.3 Å². The summed E-state index contributed by atoms with van der Waals surface area (Å²) in [6.07, 6.45) is 0. The summed E-state index contributed by atoms with van der Waals surface area (Å²) in [4.78, 5) is 15.1. The Bertz CT molecular complexity index is 1020. The second kappa shape index (κ2) is 4.34. The Morgan fingerprint density at radius 2 is 2.05 bits per heavy atom. The molecule has 5 nitrogen and oxygen atoms in total. The monoisotopic (exact) mass is 343 g/mol. The number of nitrogens with two attached hydrogens (primary N) is 1. The number of carbonyl (C=O) groups is 1. The lowest BCUT2D eigenvalue weighted by Crippen LogP contribution is -2.30. The molecule has 1 amide bonds. The fourth-order valence-corrected chi connectivity index (χ4v) is 3.01. The fraction of sp³-hybridized carbons (Fsp3) is 0. The Labute approximate surface area is 127 Å². The topological polar surface area (TPSA) is 84.0 Å². The van der Waals surface area contributed by atoms with Gasteiger partial charge in [-0.2, -0.15) is 0 Å². The van der Waals surface area contributed by atoms with Crippen LogP contribution in [0.5, 0.6) is 0 Å². The molecule has 2 heterocycles. The summed E-state index contributed by atoms with van der Waals surface area (Å²) in [5, 5.41) is 1.83. The zero-order chi connectivity index (χ0) is 14.6. The van der Waals surface area contributed by atoms with Gasteiger partial charge >= 0.3 is 0 Å². The van der Waals surface area contributed by atoms with E-state index in [4.69, 9.17) is 10.3 Å². The summed E-state index contributed by atoms with van der Waals surface area (Å²) in [6, 6.07) is 11.3. The van der Waals surface area contributed by atoms with Crippen molar-refractivity contribution < 1.29 is 9.21 Å². The van der Waals surface area contributed by atoms with Crippen LogP contribution in [0.2, 0.25) is 0 Å². The first-order valence-electron chi connectivity index (χ1n) is 6.32. The van der Waals surface area contributed by atoms with Gasteiger partial charge in [0.15, 0.2) is 5.58 Å². The van der Waals surface area contributed by atoms with Crippen molar-refractivity contribution >= 4 is 54.8 Å². The summed E-state index contributed by atoms with van der Waals surface area (Å²) in [6.45, 7) is 0. The molecule has 4 aromatic rings. The molecule has 2 aromatic carbocycles. The van der Waals surface area contributed by atoms with Crippen molar-refractivity contribution in [3.8, 4) is 0 Å². The number of amides is 1. The number of furan rings is 1. The van der Waals surface area contributed by atoms with Gasteiger partial charge in [0.1, 0.15) is 5.58 Å². The molecule has 4 N–H and O–H groups in total. The molecule has 0 unspecified atom stereocenters. The molecule has 104 valence electrons. The highest BCUT2D eigenvalue weighted by Crippen LogP contribution is 2.36. The van der Waals surface area contributed by atoms with E-state index in [-0.39, 0.29) is 5.91 Å². The van der Waals surface area contributed by atoms with Gasteiger partial charge in [-0.1, -0.05) is 22.0 Å². The molecular weight excluding hydrogens is 334 g/mol. The number of H-pyrrole nitrogens is 1. The molecule has 21 heavy (non-hydrogen) atoms. The first-order valence-corrected chi connectivity index (χ1v) is 7.12. The van der Waals surface area contributed by atoms with E-state index in [1.807, 2.05) is 30.3 Å². The highest BCUT2D eigenvalue weighted by molar-refractivity contribution is 9.10. The summed E-state index contributed by atoms with van der Waals surface area (Å²) >= 11 is 3.46. The molecule has 0 radical (unpaired) electrons. The van der Waals surface area contributed by atoms with Gasteiger partial charge in [0, 0.05) is 15.2 Å². The van der Waals surface area contributed by atoms with Crippen LogP contribution in [-0.4, -0.2) is 10.9 Å². The number of aromatic amines is 1. The molecule has 0 aliphatic rings. The van der Waals surface area contributed by atoms with Crippen LogP contribution >= 0.6 is 15.9 Å². The van der Waals surface area contributed by atoms with Crippen molar-refractivity contribution in [1.29, 1.82) is 0 Å². The predicted octanol–water partition coefficient (Wildman–Crippen LogP) is 3.43. The maximum Gasteiger partial charge on any atom is 0.267 e. The number of hydrogen-bond donors (Lipinski definition) is 3. The number of rotatable bonds is 1. The molecule has 2 aromatic heterocycles. The highest BCUT2D eigenvalue weighted by Gasteiger charge is 2.17. The number of para-hydroxylation sites is 1. The van der Waals surface area contributed by atoms with E-state index in [9.17, 15) is 4.79 Å². The molecule has 6 heteroatoms. The van der Waals surface area contributed by atoms with Gasteiger partial charge in [0.05, 0.1) is 16.6 Å². The number of nitrogens with one attached hydrogen (secondary N) is 2. The number of carbonyl (C=O) groups excluding carboxylic acids is 1. The van der Waals surface area contributed by atoms with Gasteiger partial charge in [-0.25, -0.2) is 5.84 Å². The maximum absolute atomic E-state index is 11.8. The molecule has 0 bridgehead atoms. The average Bonchev–Trinajstić information content (AvgIpc) is 3.02. The molecule has 0 saturated heterocycles. The molecular formula is C15H10BrN3O2. The van der Waals surface area contributed by atoms with Crippen molar-refractivity contribution in [3.05, 3.63) is 46.4 Å². The van der Waals surface area contributed by atoms with E-state index in [1.165, 1.54) is 0 Å². The minimum atomic E-state index is -0.338. The molecule has 0 atom stereocenters. The van der Waals surface area contributed by atoms with E-state index in [0.717, 1.165) is 37.4 Å². The van der Waals surface area contributed by atoms with Crippen LogP contribution in [0.25, 0.3) is 33.0 Å². The lowest BCUT2D eigenvalue weighted by atomic mass is 10.1. The van der Waals surface area contributed by atoms with Crippen molar-refractivity contribution in [1.82, 2.24) is 10.4 Å². The summed E-state index contributed by atoms with van der Waals surface area (Å²) in [5.74, 6) is 4.89. The zero-order valence-corrected chi connectivity index (χ0v) is 12.3. The quantitative estimate of drug-likeness (QED) is 0.281. The number of nitrogen functional groups attached to an aromatic ring is 1. The number of benzene rings is 2. The predicted molar refractivity (Wildman–Crippen MR) is 84.9 cm³/mol. The summed E-state index contributed by atoms with van der Waals surface area (Å²) in [5.41, 5.74) is 5.78. The van der Waals surface area contributed by atoms with Gasteiger partial charge in [-0.3, -0.25) is 10.2 Å². The standard InChI is InChI=1S/C15H10BrN3O2/c16-7-4-5-11-10(6-7)13-14(21-11)8-2-1-3-9(12(8)18-13)15(20)19-17/h1-6,18H,17H2,(H,19,20). The second-order valence-corrected chi connectivity index (χ2v) is 5.69.